The highest BCUT2D eigenvalue weighted by Gasteiger charge is 2.25. The maximum atomic E-state index is 12.2. The highest BCUT2D eigenvalue weighted by Crippen LogP contribution is 2.33. The van der Waals surface area contributed by atoms with Crippen LogP contribution in [0.1, 0.15) is 18.5 Å². The van der Waals surface area contributed by atoms with E-state index in [4.69, 9.17) is 4.42 Å². The van der Waals surface area contributed by atoms with Crippen LogP contribution in [0.3, 0.4) is 0 Å². The van der Waals surface area contributed by atoms with Crippen LogP contribution < -0.4 is 10.9 Å². The zero-order valence-electron chi connectivity index (χ0n) is 15.7. The molecule has 0 saturated heterocycles. The summed E-state index contributed by atoms with van der Waals surface area (Å²) in [6, 6.07) is 24.5. The maximum absolute atomic E-state index is 12.2. The molecular formula is C23H18N2O4. The molecule has 29 heavy (non-hydrogen) atoms. The summed E-state index contributed by atoms with van der Waals surface area (Å²) in [7, 11) is 0. The van der Waals surface area contributed by atoms with Crippen molar-refractivity contribution >= 4 is 22.3 Å². The van der Waals surface area contributed by atoms with Crippen molar-refractivity contribution in [3.8, 4) is 11.1 Å². The van der Waals surface area contributed by atoms with E-state index in [1.807, 2.05) is 61.5 Å². The number of fused-ring (bicyclic) bond motifs is 1. The van der Waals surface area contributed by atoms with Crippen molar-refractivity contribution in [2.24, 2.45) is 0 Å². The lowest BCUT2D eigenvalue weighted by molar-refractivity contribution is -0.386. The zero-order chi connectivity index (χ0) is 20.4. The molecule has 0 aliphatic rings. The molecule has 1 aromatic heterocycles. The predicted octanol–water partition coefficient (Wildman–Crippen LogP) is 5.54. The first-order chi connectivity index (χ1) is 14.0. The number of benzene rings is 3. The molecule has 0 fully saturated rings. The Bertz CT molecular complexity index is 1230. The molecule has 0 unspecified atom stereocenters. The van der Waals surface area contributed by atoms with Crippen LogP contribution >= 0.6 is 0 Å². The van der Waals surface area contributed by atoms with Crippen molar-refractivity contribution in [1.82, 2.24) is 0 Å². The third kappa shape index (κ3) is 3.60. The minimum absolute atomic E-state index is 0.168. The molecule has 0 spiro atoms. The average Bonchev–Trinajstić information content (AvgIpc) is 2.74. The molecule has 0 radical (unpaired) electrons. The van der Waals surface area contributed by atoms with Gasteiger partial charge in [0.05, 0.1) is 4.92 Å². The molecular weight excluding hydrogens is 368 g/mol. The summed E-state index contributed by atoms with van der Waals surface area (Å²) in [5.41, 5.74) is 2.05. The van der Waals surface area contributed by atoms with E-state index in [9.17, 15) is 14.9 Å². The predicted molar refractivity (Wildman–Crippen MR) is 113 cm³/mol. The largest absolute Gasteiger partial charge is 0.418 e. The Balaban J connectivity index is 1.71. The van der Waals surface area contributed by atoms with Crippen LogP contribution in [0.2, 0.25) is 0 Å². The molecule has 1 heterocycles. The number of nitrogens with zero attached hydrogens (tertiary/aromatic N) is 1. The Morgan fingerprint density at radius 2 is 1.52 bits per heavy atom. The number of rotatable bonds is 5. The molecule has 0 aliphatic heterocycles. The lowest BCUT2D eigenvalue weighted by Gasteiger charge is -2.17. The van der Waals surface area contributed by atoms with E-state index in [0.717, 1.165) is 16.7 Å². The Kier molecular flexibility index (Phi) is 4.83. The summed E-state index contributed by atoms with van der Waals surface area (Å²) in [4.78, 5) is 23.0. The van der Waals surface area contributed by atoms with Crippen LogP contribution in [0, 0.1) is 10.1 Å². The van der Waals surface area contributed by atoms with Crippen molar-refractivity contribution in [3.05, 3.63) is 105 Å². The average molecular weight is 386 g/mol. The molecule has 0 saturated carbocycles. The van der Waals surface area contributed by atoms with Gasteiger partial charge in [0.1, 0.15) is 11.3 Å². The van der Waals surface area contributed by atoms with Crippen LogP contribution in [0.15, 0.2) is 88.1 Å². The molecule has 4 aromatic rings. The first-order valence-corrected chi connectivity index (χ1v) is 9.17. The van der Waals surface area contributed by atoms with E-state index >= 15 is 0 Å². The van der Waals surface area contributed by atoms with Crippen LogP contribution in [0.4, 0.5) is 11.4 Å². The number of nitro groups is 1. The second-order valence-electron chi connectivity index (χ2n) is 6.72. The van der Waals surface area contributed by atoms with Crippen molar-refractivity contribution in [2.75, 3.05) is 5.32 Å². The number of nitrogens with one attached hydrogen (secondary N) is 1. The summed E-state index contributed by atoms with van der Waals surface area (Å²) in [6.45, 7) is 1.89. The number of hydrogen-bond acceptors (Lipinski definition) is 5. The topological polar surface area (TPSA) is 85.4 Å². The molecule has 4 rings (SSSR count). The SMILES string of the molecule is C[C@H](Nc1c([N+](=O)[O-])c(=O)oc2ccccc12)c1ccc(-c2ccccc2)cc1. The normalized spacial score (nSPS) is 11.9. The summed E-state index contributed by atoms with van der Waals surface area (Å²) in [6.07, 6.45) is 0. The molecule has 3 aromatic carbocycles. The fourth-order valence-corrected chi connectivity index (χ4v) is 3.35. The van der Waals surface area contributed by atoms with Gasteiger partial charge in [-0.05, 0) is 35.7 Å². The van der Waals surface area contributed by atoms with Gasteiger partial charge in [0.15, 0.2) is 0 Å². The van der Waals surface area contributed by atoms with Crippen LogP contribution in [0.5, 0.6) is 0 Å². The molecule has 6 heteroatoms. The molecule has 0 bridgehead atoms. The van der Waals surface area contributed by atoms with E-state index < -0.39 is 16.2 Å². The third-order valence-corrected chi connectivity index (χ3v) is 4.85. The van der Waals surface area contributed by atoms with Gasteiger partial charge in [-0.3, -0.25) is 10.1 Å². The molecule has 144 valence electrons. The van der Waals surface area contributed by atoms with Gasteiger partial charge in [0.2, 0.25) is 0 Å². The number of para-hydroxylation sites is 1. The number of anilines is 1. The highest BCUT2D eigenvalue weighted by atomic mass is 16.6. The fourth-order valence-electron chi connectivity index (χ4n) is 3.35. The molecule has 1 atom stereocenters. The summed E-state index contributed by atoms with van der Waals surface area (Å²) in [5.74, 6) is 0. The second-order valence-corrected chi connectivity index (χ2v) is 6.72. The highest BCUT2D eigenvalue weighted by molar-refractivity contribution is 5.94. The van der Waals surface area contributed by atoms with Crippen LogP contribution in [0.25, 0.3) is 22.1 Å². The Morgan fingerprint density at radius 1 is 0.897 bits per heavy atom. The van der Waals surface area contributed by atoms with E-state index in [-0.39, 0.29) is 11.7 Å². The van der Waals surface area contributed by atoms with Gasteiger partial charge in [-0.25, -0.2) is 4.79 Å². The first kappa shape index (κ1) is 18.4. The van der Waals surface area contributed by atoms with Gasteiger partial charge in [0.25, 0.3) is 0 Å². The summed E-state index contributed by atoms with van der Waals surface area (Å²) in [5, 5.41) is 15.2. The van der Waals surface area contributed by atoms with E-state index in [1.54, 1.807) is 24.3 Å². The van der Waals surface area contributed by atoms with Gasteiger partial charge >= 0.3 is 11.3 Å². The van der Waals surface area contributed by atoms with Gasteiger partial charge in [-0.15, -0.1) is 0 Å². The van der Waals surface area contributed by atoms with E-state index in [1.165, 1.54) is 0 Å². The van der Waals surface area contributed by atoms with Crippen LogP contribution in [-0.2, 0) is 0 Å². The minimum atomic E-state index is -0.970. The second kappa shape index (κ2) is 7.59. The van der Waals surface area contributed by atoms with Crippen LogP contribution in [-0.4, -0.2) is 4.92 Å². The van der Waals surface area contributed by atoms with E-state index in [0.29, 0.717) is 11.0 Å². The molecule has 0 aliphatic carbocycles. The fraction of sp³-hybridized carbons (Fsp3) is 0.0870. The number of hydrogen-bond donors (Lipinski definition) is 1. The molecule has 0 amide bonds. The summed E-state index contributed by atoms with van der Waals surface area (Å²) >= 11 is 0. The third-order valence-electron chi connectivity index (χ3n) is 4.85. The minimum Gasteiger partial charge on any atom is -0.418 e. The zero-order valence-corrected chi connectivity index (χ0v) is 15.7. The van der Waals surface area contributed by atoms with Gasteiger partial charge < -0.3 is 9.73 Å². The summed E-state index contributed by atoms with van der Waals surface area (Å²) < 4.78 is 5.11. The van der Waals surface area contributed by atoms with Gasteiger partial charge in [-0.2, -0.15) is 0 Å². The van der Waals surface area contributed by atoms with Gasteiger partial charge in [0, 0.05) is 11.4 Å². The Labute approximate surface area is 166 Å². The standard InChI is InChI=1S/C23H18N2O4/c1-15(16-11-13-18(14-12-16)17-7-3-2-4-8-17)24-21-19-9-5-6-10-20(19)29-23(26)22(21)25(27)28/h2-15,24H,1H3/t15-/m0/s1. The smallest absolute Gasteiger partial charge is 0.417 e. The van der Waals surface area contributed by atoms with Crippen molar-refractivity contribution in [1.29, 1.82) is 0 Å². The van der Waals surface area contributed by atoms with Gasteiger partial charge in [-0.1, -0.05) is 66.7 Å². The van der Waals surface area contributed by atoms with E-state index in [2.05, 4.69) is 5.32 Å². The quantitative estimate of drug-likeness (QED) is 0.276. The van der Waals surface area contributed by atoms with Crippen molar-refractivity contribution in [2.45, 2.75) is 13.0 Å². The Hall–Kier alpha value is -3.93. The molecule has 6 nitrogen and oxygen atoms in total. The van der Waals surface area contributed by atoms with Crippen molar-refractivity contribution < 1.29 is 9.34 Å². The molecule has 1 N–H and O–H groups in total. The Morgan fingerprint density at radius 3 is 2.21 bits per heavy atom. The maximum Gasteiger partial charge on any atom is 0.417 e. The van der Waals surface area contributed by atoms with Crippen molar-refractivity contribution in [3.63, 3.8) is 0 Å². The lowest BCUT2D eigenvalue weighted by atomic mass is 10.0. The lowest BCUT2D eigenvalue weighted by Crippen LogP contribution is -2.14. The monoisotopic (exact) mass is 386 g/mol. The first-order valence-electron chi connectivity index (χ1n) is 9.17.